The van der Waals surface area contributed by atoms with Gasteiger partial charge in [-0.05, 0) is 93.6 Å². The molecule has 0 aliphatic heterocycles. The summed E-state index contributed by atoms with van der Waals surface area (Å²) in [6.07, 6.45) is 14.2. The van der Waals surface area contributed by atoms with Crippen LogP contribution in [0.4, 0.5) is 0 Å². The van der Waals surface area contributed by atoms with Gasteiger partial charge in [0, 0.05) is 12.8 Å². The van der Waals surface area contributed by atoms with Crippen molar-refractivity contribution in [2.75, 3.05) is 0 Å². The second kappa shape index (κ2) is 9.15. The molecule has 3 rings (SSSR count). The number of aliphatic hydroxyl groups is 3. The number of fused-ring (bicyclic) bond motifs is 1. The van der Waals surface area contributed by atoms with Crippen LogP contribution in [-0.4, -0.2) is 32.6 Å². The minimum absolute atomic E-state index is 0.366. The molecular weight excluding hydrogens is 384 g/mol. The fourth-order valence-corrected chi connectivity index (χ4v) is 7.00. The van der Waals surface area contributed by atoms with Crippen molar-refractivity contribution in [3.63, 3.8) is 0 Å². The van der Waals surface area contributed by atoms with Crippen LogP contribution in [0.3, 0.4) is 0 Å². The first-order valence-electron chi connectivity index (χ1n) is 12.5. The zero-order valence-corrected chi connectivity index (χ0v) is 20.6. The maximum atomic E-state index is 10.5. The highest BCUT2D eigenvalue weighted by molar-refractivity contribution is 5.39. The third-order valence-corrected chi connectivity index (χ3v) is 8.69. The SMILES string of the molecule is C=C1C(=CC=C2CCC[C@]3(C)[C@@H]([C@@H](C)CCCC(C)(C)O)CC[C@@H]23)C[C@@](C)(O)C[C@@H]1O. The standard InChI is InChI=1S/C28H46O3/c1-19(9-7-15-26(3,4)30)23-13-14-24-21(10-8-16-28(23,24)6)11-12-22-17-27(5,31)18-25(29)20(22)2/h11-12,19,23-25,29-31H,2,7-10,13-18H2,1,3-6H3/t19-,23+,24-,25-,27+,28+/m0/s1. The zero-order chi connectivity index (χ0) is 23.0. The Hall–Kier alpha value is -0.900. The van der Waals surface area contributed by atoms with Crippen molar-refractivity contribution in [1.82, 2.24) is 0 Å². The van der Waals surface area contributed by atoms with E-state index in [1.165, 1.54) is 32.1 Å². The van der Waals surface area contributed by atoms with Gasteiger partial charge in [0.05, 0.1) is 17.3 Å². The molecule has 0 aromatic heterocycles. The molecule has 0 amide bonds. The molecular formula is C28H46O3. The fourth-order valence-electron chi connectivity index (χ4n) is 7.00. The Kier molecular flexibility index (Phi) is 7.30. The van der Waals surface area contributed by atoms with Crippen LogP contribution in [0.1, 0.15) is 98.8 Å². The van der Waals surface area contributed by atoms with E-state index in [4.69, 9.17) is 0 Å². The molecule has 0 aromatic carbocycles. The van der Waals surface area contributed by atoms with Crippen molar-refractivity contribution in [3.8, 4) is 0 Å². The molecule has 0 radical (unpaired) electrons. The smallest absolute Gasteiger partial charge is 0.0814 e. The summed E-state index contributed by atoms with van der Waals surface area (Å²) < 4.78 is 0. The van der Waals surface area contributed by atoms with E-state index in [9.17, 15) is 15.3 Å². The van der Waals surface area contributed by atoms with Crippen molar-refractivity contribution >= 4 is 0 Å². The van der Waals surface area contributed by atoms with E-state index in [2.05, 4.69) is 32.6 Å². The molecule has 31 heavy (non-hydrogen) atoms. The van der Waals surface area contributed by atoms with E-state index in [0.717, 1.165) is 36.3 Å². The van der Waals surface area contributed by atoms with E-state index in [1.807, 2.05) is 20.8 Å². The number of hydrogen-bond donors (Lipinski definition) is 3. The molecule has 0 heterocycles. The lowest BCUT2D eigenvalue weighted by Gasteiger charge is -2.44. The van der Waals surface area contributed by atoms with Crippen LogP contribution in [0.25, 0.3) is 0 Å². The Morgan fingerprint density at radius 2 is 1.94 bits per heavy atom. The van der Waals surface area contributed by atoms with Crippen molar-refractivity contribution in [3.05, 3.63) is 35.5 Å². The van der Waals surface area contributed by atoms with Crippen LogP contribution in [0.5, 0.6) is 0 Å². The quantitative estimate of drug-likeness (QED) is 0.477. The van der Waals surface area contributed by atoms with Gasteiger partial charge in [-0.25, -0.2) is 0 Å². The molecule has 3 aliphatic carbocycles. The number of hydrogen-bond acceptors (Lipinski definition) is 3. The largest absolute Gasteiger partial charge is 0.390 e. The molecule has 3 heteroatoms. The van der Waals surface area contributed by atoms with Gasteiger partial charge in [-0.2, -0.15) is 0 Å². The Morgan fingerprint density at radius 3 is 2.61 bits per heavy atom. The van der Waals surface area contributed by atoms with Crippen LogP contribution in [0.2, 0.25) is 0 Å². The van der Waals surface area contributed by atoms with Crippen molar-refractivity contribution in [2.45, 2.75) is 116 Å². The first-order valence-corrected chi connectivity index (χ1v) is 12.5. The maximum absolute atomic E-state index is 10.5. The monoisotopic (exact) mass is 430 g/mol. The van der Waals surface area contributed by atoms with Crippen LogP contribution in [0.15, 0.2) is 35.5 Å². The Bertz CT molecular complexity index is 723. The van der Waals surface area contributed by atoms with E-state index < -0.39 is 17.3 Å². The summed E-state index contributed by atoms with van der Waals surface area (Å²) in [4.78, 5) is 0. The van der Waals surface area contributed by atoms with Gasteiger partial charge in [0.25, 0.3) is 0 Å². The molecule has 3 nitrogen and oxygen atoms in total. The molecule has 0 saturated heterocycles. The van der Waals surface area contributed by atoms with Gasteiger partial charge in [-0.1, -0.05) is 51.0 Å². The van der Waals surface area contributed by atoms with Gasteiger partial charge in [-0.3, -0.25) is 0 Å². The topological polar surface area (TPSA) is 60.7 Å². The normalized spacial score (nSPS) is 40.4. The van der Waals surface area contributed by atoms with Gasteiger partial charge in [0.1, 0.15) is 0 Å². The number of aliphatic hydroxyl groups excluding tert-OH is 1. The third-order valence-electron chi connectivity index (χ3n) is 8.69. The van der Waals surface area contributed by atoms with Gasteiger partial charge in [0.15, 0.2) is 0 Å². The Labute approximate surface area is 190 Å². The molecule has 176 valence electrons. The van der Waals surface area contributed by atoms with Crippen molar-refractivity contribution < 1.29 is 15.3 Å². The number of allylic oxidation sites excluding steroid dienone is 3. The molecule has 0 aromatic rings. The van der Waals surface area contributed by atoms with Gasteiger partial charge >= 0.3 is 0 Å². The van der Waals surface area contributed by atoms with Gasteiger partial charge < -0.3 is 15.3 Å². The molecule has 3 saturated carbocycles. The second-order valence-electron chi connectivity index (χ2n) is 12.1. The Balaban J connectivity index is 1.72. The number of rotatable bonds is 6. The molecule has 3 aliphatic rings. The highest BCUT2D eigenvalue weighted by atomic mass is 16.3. The predicted octanol–water partition coefficient (Wildman–Crippen LogP) is 6.09. The summed E-state index contributed by atoms with van der Waals surface area (Å²) in [5.74, 6) is 2.09. The molecule has 6 atom stereocenters. The maximum Gasteiger partial charge on any atom is 0.0814 e. The average Bonchev–Trinajstić information content (AvgIpc) is 2.99. The van der Waals surface area contributed by atoms with E-state index >= 15 is 0 Å². The summed E-state index contributed by atoms with van der Waals surface area (Å²) in [6, 6.07) is 0. The third kappa shape index (κ3) is 5.72. The van der Waals surface area contributed by atoms with Gasteiger partial charge in [-0.15, -0.1) is 0 Å². The van der Waals surface area contributed by atoms with E-state index in [0.29, 0.717) is 30.1 Å². The average molecular weight is 431 g/mol. The van der Waals surface area contributed by atoms with Crippen LogP contribution >= 0.6 is 0 Å². The summed E-state index contributed by atoms with van der Waals surface area (Å²) in [5, 5.41) is 30.8. The molecule has 0 unspecified atom stereocenters. The van der Waals surface area contributed by atoms with Crippen LogP contribution in [0, 0.1) is 23.2 Å². The summed E-state index contributed by atoms with van der Waals surface area (Å²) >= 11 is 0. The molecule has 0 spiro atoms. The first-order chi connectivity index (χ1) is 14.3. The lowest BCUT2D eigenvalue weighted by molar-refractivity contribution is 0.00361. The first kappa shape index (κ1) is 24.7. The highest BCUT2D eigenvalue weighted by Gasteiger charge is 2.50. The van der Waals surface area contributed by atoms with Crippen LogP contribution in [-0.2, 0) is 0 Å². The minimum Gasteiger partial charge on any atom is -0.390 e. The van der Waals surface area contributed by atoms with Gasteiger partial charge in [0.2, 0.25) is 0 Å². The molecule has 0 bridgehead atoms. The second-order valence-corrected chi connectivity index (χ2v) is 12.1. The highest BCUT2D eigenvalue weighted by Crippen LogP contribution is 2.60. The van der Waals surface area contributed by atoms with Crippen molar-refractivity contribution in [2.24, 2.45) is 23.2 Å². The fraction of sp³-hybridized carbons (Fsp3) is 0.786. The summed E-state index contributed by atoms with van der Waals surface area (Å²) in [7, 11) is 0. The lowest BCUT2D eigenvalue weighted by atomic mass is 9.60. The predicted molar refractivity (Wildman–Crippen MR) is 129 cm³/mol. The minimum atomic E-state index is -0.858. The molecule has 3 N–H and O–H groups in total. The summed E-state index contributed by atoms with van der Waals surface area (Å²) in [5.41, 5.74) is 2.27. The molecule has 3 fully saturated rings. The van der Waals surface area contributed by atoms with Crippen molar-refractivity contribution in [1.29, 1.82) is 0 Å². The Morgan fingerprint density at radius 1 is 1.23 bits per heavy atom. The zero-order valence-electron chi connectivity index (χ0n) is 20.6. The summed E-state index contributed by atoms with van der Waals surface area (Å²) in [6.45, 7) is 14.7. The van der Waals surface area contributed by atoms with E-state index in [-0.39, 0.29) is 0 Å². The van der Waals surface area contributed by atoms with E-state index in [1.54, 1.807) is 5.57 Å². The lowest BCUT2D eigenvalue weighted by Crippen LogP contribution is -2.37. The van der Waals surface area contributed by atoms with Crippen LogP contribution < -0.4 is 0 Å².